The molecule has 3 unspecified atom stereocenters. The van der Waals surface area contributed by atoms with E-state index in [4.69, 9.17) is 17.0 Å². The van der Waals surface area contributed by atoms with E-state index in [2.05, 4.69) is 35.5 Å². The number of hydrogen-bond acceptors (Lipinski definition) is 2. The van der Waals surface area contributed by atoms with Crippen LogP contribution in [0, 0.1) is 16.6 Å². The number of ether oxygens (including phenoxy) is 1. The third kappa shape index (κ3) is 2.26. The predicted molar refractivity (Wildman–Crippen MR) is 84.9 cm³/mol. The molecule has 2 aromatic rings. The smallest absolute Gasteiger partial charge is 0.178 e. The van der Waals surface area contributed by atoms with Gasteiger partial charge in [-0.25, -0.2) is 0 Å². The first-order chi connectivity index (χ1) is 9.60. The summed E-state index contributed by atoms with van der Waals surface area (Å²) in [5.74, 6) is 2.46. The molecule has 1 aromatic heterocycles. The van der Waals surface area contributed by atoms with Crippen LogP contribution in [-0.2, 0) is 0 Å². The third-order valence-corrected chi connectivity index (χ3v) is 5.16. The van der Waals surface area contributed by atoms with Gasteiger partial charge in [0, 0.05) is 12.1 Å². The Hall–Kier alpha value is -1.29. The van der Waals surface area contributed by atoms with Crippen LogP contribution in [0.2, 0.25) is 0 Å². The van der Waals surface area contributed by atoms with E-state index in [1.807, 2.05) is 6.07 Å². The maximum Gasteiger partial charge on any atom is 0.178 e. The number of nitrogens with zero attached hydrogens (tertiary/aromatic N) is 1. The molecular weight excluding hydrogens is 268 g/mol. The molecule has 3 atom stereocenters. The molecule has 1 aliphatic rings. The summed E-state index contributed by atoms with van der Waals surface area (Å²) in [5, 5.41) is 0. The maximum absolute atomic E-state index is 5.55. The van der Waals surface area contributed by atoms with E-state index in [1.54, 1.807) is 7.11 Å². The SMILES string of the molecule is COc1ccc2[nH]c(=S)n(C3CCC(C)C(C)C3)c2c1. The number of hydrogen-bond donors (Lipinski definition) is 1. The lowest BCUT2D eigenvalue weighted by Gasteiger charge is -2.33. The molecule has 1 heterocycles. The van der Waals surface area contributed by atoms with E-state index in [0.29, 0.717) is 6.04 Å². The molecule has 1 aliphatic carbocycles. The minimum absolute atomic E-state index is 0.509. The molecule has 1 aromatic carbocycles. The van der Waals surface area contributed by atoms with Crippen LogP contribution in [-0.4, -0.2) is 16.7 Å². The quantitative estimate of drug-likeness (QED) is 0.812. The van der Waals surface area contributed by atoms with Crippen LogP contribution in [0.1, 0.15) is 39.2 Å². The fourth-order valence-electron chi connectivity index (χ4n) is 3.34. The lowest BCUT2D eigenvalue weighted by Crippen LogP contribution is -2.23. The molecule has 0 spiro atoms. The summed E-state index contributed by atoms with van der Waals surface area (Å²) in [5.41, 5.74) is 2.27. The number of nitrogens with one attached hydrogen (secondary N) is 1. The molecule has 4 heteroatoms. The molecule has 20 heavy (non-hydrogen) atoms. The second-order valence-electron chi connectivity index (χ2n) is 6.10. The van der Waals surface area contributed by atoms with Crippen molar-refractivity contribution in [1.82, 2.24) is 9.55 Å². The van der Waals surface area contributed by atoms with Gasteiger partial charge in [-0.15, -0.1) is 0 Å². The first kappa shape index (κ1) is 13.7. The average Bonchev–Trinajstić information content (AvgIpc) is 2.77. The summed E-state index contributed by atoms with van der Waals surface area (Å²) in [6, 6.07) is 6.62. The third-order valence-electron chi connectivity index (χ3n) is 4.86. The number of methoxy groups -OCH3 is 1. The first-order valence-corrected chi connectivity index (χ1v) is 7.79. The summed E-state index contributed by atoms with van der Waals surface area (Å²) in [6.07, 6.45) is 3.70. The Morgan fingerprint density at radius 2 is 2.05 bits per heavy atom. The minimum Gasteiger partial charge on any atom is -0.497 e. The van der Waals surface area contributed by atoms with E-state index in [0.717, 1.165) is 27.9 Å². The van der Waals surface area contributed by atoms with E-state index in [1.165, 1.54) is 24.8 Å². The van der Waals surface area contributed by atoms with Gasteiger partial charge in [-0.2, -0.15) is 0 Å². The molecule has 1 saturated carbocycles. The Morgan fingerprint density at radius 1 is 1.25 bits per heavy atom. The van der Waals surface area contributed by atoms with Crippen LogP contribution in [0.25, 0.3) is 11.0 Å². The highest BCUT2D eigenvalue weighted by Crippen LogP contribution is 2.38. The van der Waals surface area contributed by atoms with E-state index in [-0.39, 0.29) is 0 Å². The topological polar surface area (TPSA) is 29.9 Å². The zero-order valence-corrected chi connectivity index (χ0v) is 13.2. The lowest BCUT2D eigenvalue weighted by atomic mass is 9.79. The van der Waals surface area contributed by atoms with Gasteiger partial charge >= 0.3 is 0 Å². The van der Waals surface area contributed by atoms with Crippen LogP contribution in [0.5, 0.6) is 5.75 Å². The van der Waals surface area contributed by atoms with Crippen LogP contribution >= 0.6 is 12.2 Å². The lowest BCUT2D eigenvalue weighted by molar-refractivity contribution is 0.212. The van der Waals surface area contributed by atoms with Gasteiger partial charge in [0.15, 0.2) is 4.77 Å². The van der Waals surface area contributed by atoms with Gasteiger partial charge < -0.3 is 14.3 Å². The van der Waals surface area contributed by atoms with Crippen LogP contribution < -0.4 is 4.74 Å². The van der Waals surface area contributed by atoms with Crippen molar-refractivity contribution in [3.63, 3.8) is 0 Å². The largest absolute Gasteiger partial charge is 0.497 e. The molecule has 0 saturated heterocycles. The van der Waals surface area contributed by atoms with Crippen molar-refractivity contribution < 1.29 is 4.74 Å². The average molecular weight is 290 g/mol. The van der Waals surface area contributed by atoms with Crippen molar-refractivity contribution in [3.05, 3.63) is 23.0 Å². The Balaban J connectivity index is 2.06. The van der Waals surface area contributed by atoms with Gasteiger partial charge in [0.25, 0.3) is 0 Å². The van der Waals surface area contributed by atoms with Crippen LogP contribution in [0.15, 0.2) is 18.2 Å². The second kappa shape index (κ2) is 5.24. The standard InChI is InChI=1S/C16H22N2OS/c1-10-4-5-12(8-11(10)2)18-15-9-13(19-3)6-7-14(15)17-16(18)20/h6-7,9-12H,4-5,8H2,1-3H3,(H,17,20). The van der Waals surface area contributed by atoms with Gasteiger partial charge in [-0.3, -0.25) is 0 Å². The van der Waals surface area contributed by atoms with E-state index < -0.39 is 0 Å². The highest BCUT2D eigenvalue weighted by molar-refractivity contribution is 7.71. The molecule has 1 fully saturated rings. The Kier molecular flexibility index (Phi) is 3.59. The van der Waals surface area contributed by atoms with E-state index >= 15 is 0 Å². The summed E-state index contributed by atoms with van der Waals surface area (Å²) in [4.78, 5) is 3.32. The Bertz CT molecular complexity index is 673. The zero-order chi connectivity index (χ0) is 14.3. The van der Waals surface area contributed by atoms with Crippen molar-refractivity contribution >= 4 is 23.3 Å². The molecule has 1 N–H and O–H groups in total. The van der Waals surface area contributed by atoms with Gasteiger partial charge in [0.1, 0.15) is 5.75 Å². The molecular formula is C16H22N2OS. The number of fused-ring (bicyclic) bond motifs is 1. The molecule has 3 nitrogen and oxygen atoms in total. The number of H-pyrrole nitrogens is 1. The predicted octanol–water partition coefficient (Wildman–Crippen LogP) is 4.70. The molecule has 108 valence electrons. The summed E-state index contributed by atoms with van der Waals surface area (Å²) in [7, 11) is 1.71. The number of aromatic nitrogens is 2. The van der Waals surface area contributed by atoms with Crippen molar-refractivity contribution in [3.8, 4) is 5.75 Å². The minimum atomic E-state index is 0.509. The molecule has 0 radical (unpaired) electrons. The second-order valence-corrected chi connectivity index (χ2v) is 6.49. The summed E-state index contributed by atoms with van der Waals surface area (Å²) in [6.45, 7) is 4.72. The van der Waals surface area contributed by atoms with Gasteiger partial charge in [0.2, 0.25) is 0 Å². The monoisotopic (exact) mass is 290 g/mol. The number of rotatable bonds is 2. The molecule has 0 aliphatic heterocycles. The Morgan fingerprint density at radius 3 is 2.75 bits per heavy atom. The fourth-order valence-corrected chi connectivity index (χ4v) is 3.70. The van der Waals surface area contributed by atoms with Crippen LogP contribution in [0.4, 0.5) is 0 Å². The highest BCUT2D eigenvalue weighted by Gasteiger charge is 2.27. The summed E-state index contributed by atoms with van der Waals surface area (Å²) >= 11 is 5.55. The maximum atomic E-state index is 5.55. The molecule has 0 bridgehead atoms. The van der Waals surface area contributed by atoms with Crippen molar-refractivity contribution in [1.29, 1.82) is 0 Å². The van der Waals surface area contributed by atoms with Crippen molar-refractivity contribution in [2.45, 2.75) is 39.2 Å². The van der Waals surface area contributed by atoms with Gasteiger partial charge in [-0.05, 0) is 55.4 Å². The zero-order valence-electron chi connectivity index (χ0n) is 12.3. The van der Waals surface area contributed by atoms with Crippen LogP contribution in [0.3, 0.4) is 0 Å². The highest BCUT2D eigenvalue weighted by atomic mass is 32.1. The number of benzene rings is 1. The first-order valence-electron chi connectivity index (χ1n) is 7.38. The van der Waals surface area contributed by atoms with Gasteiger partial charge in [-0.1, -0.05) is 13.8 Å². The fraction of sp³-hybridized carbons (Fsp3) is 0.562. The summed E-state index contributed by atoms with van der Waals surface area (Å²) < 4.78 is 8.49. The number of imidazole rings is 1. The van der Waals surface area contributed by atoms with E-state index in [9.17, 15) is 0 Å². The number of aromatic amines is 1. The molecule has 3 rings (SSSR count). The Labute approximate surface area is 125 Å². The van der Waals surface area contributed by atoms with Crippen molar-refractivity contribution in [2.24, 2.45) is 11.8 Å². The van der Waals surface area contributed by atoms with Crippen molar-refractivity contribution in [2.75, 3.05) is 7.11 Å². The normalized spacial score (nSPS) is 26.9. The van der Waals surface area contributed by atoms with Gasteiger partial charge in [0.05, 0.1) is 18.1 Å². The molecule has 0 amide bonds.